The number of carbonyl (C=O) groups is 2. The zero-order chi connectivity index (χ0) is 13.7. The molecule has 2 N–H and O–H groups in total. The molecule has 18 heavy (non-hydrogen) atoms. The summed E-state index contributed by atoms with van der Waals surface area (Å²) in [5, 5.41) is 13.5. The highest BCUT2D eigenvalue weighted by Gasteiger charge is 2.20. The third kappa shape index (κ3) is 4.78. The minimum Gasteiger partial charge on any atom is -0.481 e. The Balaban J connectivity index is 2.52. The Morgan fingerprint density at radius 3 is 2.61 bits per heavy atom. The Bertz CT molecular complexity index is 431. The summed E-state index contributed by atoms with van der Waals surface area (Å²) < 4.78 is 0.879. The highest BCUT2D eigenvalue weighted by atomic mass is 79.9. The second-order valence-electron chi connectivity index (χ2n) is 4.51. The van der Waals surface area contributed by atoms with Crippen molar-refractivity contribution >= 4 is 39.1 Å². The number of thiophene rings is 1. The van der Waals surface area contributed by atoms with Gasteiger partial charge in [0.1, 0.15) is 0 Å². The summed E-state index contributed by atoms with van der Waals surface area (Å²) in [5.41, 5.74) is 0.556. The fourth-order valence-electron chi connectivity index (χ4n) is 1.59. The van der Waals surface area contributed by atoms with Crippen LogP contribution >= 0.6 is 27.3 Å². The van der Waals surface area contributed by atoms with E-state index < -0.39 is 11.9 Å². The number of nitrogens with one attached hydrogen (secondary N) is 1. The molecule has 0 spiro atoms. The molecule has 0 radical (unpaired) electrons. The van der Waals surface area contributed by atoms with Gasteiger partial charge in [-0.3, -0.25) is 9.59 Å². The number of hydrogen-bond donors (Lipinski definition) is 2. The van der Waals surface area contributed by atoms with Crippen LogP contribution in [-0.4, -0.2) is 23.5 Å². The van der Waals surface area contributed by atoms with Crippen LogP contribution in [0.25, 0.3) is 0 Å². The van der Waals surface area contributed by atoms with E-state index in [1.54, 1.807) is 11.4 Å². The SMILES string of the molecule is CC(C)CC(CNC(=O)c1csc(Br)c1)C(=O)O. The predicted molar refractivity (Wildman–Crippen MR) is 74.9 cm³/mol. The molecule has 0 fully saturated rings. The van der Waals surface area contributed by atoms with E-state index in [9.17, 15) is 9.59 Å². The van der Waals surface area contributed by atoms with Crippen LogP contribution in [-0.2, 0) is 4.79 Å². The normalized spacial score (nSPS) is 12.4. The van der Waals surface area contributed by atoms with Crippen LogP contribution in [0.4, 0.5) is 0 Å². The molecular weight excluding hydrogens is 318 g/mol. The molecule has 0 bridgehead atoms. The Morgan fingerprint density at radius 1 is 1.50 bits per heavy atom. The van der Waals surface area contributed by atoms with Gasteiger partial charge in [-0.1, -0.05) is 13.8 Å². The van der Waals surface area contributed by atoms with Crippen molar-refractivity contribution in [2.75, 3.05) is 6.54 Å². The van der Waals surface area contributed by atoms with Gasteiger partial charge in [0.2, 0.25) is 0 Å². The molecule has 1 heterocycles. The van der Waals surface area contributed by atoms with Crippen LogP contribution < -0.4 is 5.32 Å². The molecule has 0 saturated carbocycles. The first-order valence-electron chi connectivity index (χ1n) is 5.65. The standard InChI is InChI=1S/C12H16BrNO3S/c1-7(2)3-8(12(16)17)5-14-11(15)9-4-10(13)18-6-9/h4,6-8H,3,5H2,1-2H3,(H,14,15)(H,16,17). The average molecular weight is 334 g/mol. The molecule has 0 aliphatic rings. The minimum atomic E-state index is -0.865. The lowest BCUT2D eigenvalue weighted by Crippen LogP contribution is -2.33. The monoisotopic (exact) mass is 333 g/mol. The van der Waals surface area contributed by atoms with E-state index in [0.29, 0.717) is 17.9 Å². The van der Waals surface area contributed by atoms with Crippen LogP contribution in [0.2, 0.25) is 0 Å². The summed E-state index contributed by atoms with van der Waals surface area (Å²) in [6.45, 7) is 4.10. The summed E-state index contributed by atoms with van der Waals surface area (Å²) in [4.78, 5) is 22.8. The molecule has 1 atom stereocenters. The number of carboxylic acids is 1. The van der Waals surface area contributed by atoms with Crippen molar-refractivity contribution in [3.8, 4) is 0 Å². The maximum absolute atomic E-state index is 11.8. The lowest BCUT2D eigenvalue weighted by Gasteiger charge is -2.15. The molecule has 0 aliphatic heterocycles. The number of hydrogen-bond acceptors (Lipinski definition) is 3. The van der Waals surface area contributed by atoms with Crippen molar-refractivity contribution in [2.24, 2.45) is 11.8 Å². The Labute approximate surface area is 119 Å². The van der Waals surface area contributed by atoms with Crippen LogP contribution in [0, 0.1) is 11.8 Å². The second kappa shape index (κ2) is 6.89. The number of aliphatic carboxylic acids is 1. The third-order valence-electron chi connectivity index (χ3n) is 2.44. The molecule has 0 saturated heterocycles. The summed E-state index contributed by atoms with van der Waals surface area (Å²) in [6, 6.07) is 1.72. The second-order valence-corrected chi connectivity index (χ2v) is 6.80. The maximum atomic E-state index is 11.8. The molecule has 6 heteroatoms. The summed E-state index contributed by atoms with van der Waals surface area (Å²) >= 11 is 4.70. The van der Waals surface area contributed by atoms with Gasteiger partial charge in [-0.2, -0.15) is 0 Å². The quantitative estimate of drug-likeness (QED) is 0.840. The number of halogens is 1. The minimum absolute atomic E-state index is 0.166. The number of rotatable bonds is 6. The van der Waals surface area contributed by atoms with Crippen molar-refractivity contribution < 1.29 is 14.7 Å². The molecule has 1 rings (SSSR count). The molecule has 1 aromatic heterocycles. The van der Waals surface area contributed by atoms with E-state index in [0.717, 1.165) is 3.79 Å². The first-order chi connectivity index (χ1) is 8.40. The summed E-state index contributed by atoms with van der Waals surface area (Å²) in [7, 11) is 0. The van der Waals surface area contributed by atoms with Gasteiger partial charge in [0, 0.05) is 11.9 Å². The lowest BCUT2D eigenvalue weighted by atomic mass is 9.97. The molecule has 1 amide bonds. The zero-order valence-electron chi connectivity index (χ0n) is 10.3. The van der Waals surface area contributed by atoms with E-state index in [1.807, 2.05) is 13.8 Å². The van der Waals surface area contributed by atoms with Crippen molar-refractivity contribution in [1.29, 1.82) is 0 Å². The van der Waals surface area contributed by atoms with Gasteiger partial charge in [-0.25, -0.2) is 0 Å². The first kappa shape index (κ1) is 15.2. The van der Waals surface area contributed by atoms with Crippen molar-refractivity contribution in [3.05, 3.63) is 20.8 Å². The average Bonchev–Trinajstić information content (AvgIpc) is 2.69. The molecule has 4 nitrogen and oxygen atoms in total. The molecule has 1 aromatic rings. The van der Waals surface area contributed by atoms with Crippen molar-refractivity contribution in [3.63, 3.8) is 0 Å². The Kier molecular flexibility index (Phi) is 5.81. The maximum Gasteiger partial charge on any atom is 0.308 e. The van der Waals surface area contributed by atoms with Gasteiger partial charge in [0.05, 0.1) is 15.3 Å². The number of amides is 1. The van der Waals surface area contributed by atoms with Crippen LogP contribution in [0.1, 0.15) is 30.6 Å². The molecule has 0 aromatic carbocycles. The Morgan fingerprint density at radius 2 is 2.17 bits per heavy atom. The topological polar surface area (TPSA) is 66.4 Å². The Hall–Kier alpha value is -0.880. The van der Waals surface area contributed by atoms with Gasteiger partial charge < -0.3 is 10.4 Å². The van der Waals surface area contributed by atoms with Crippen LogP contribution in [0.3, 0.4) is 0 Å². The fourth-order valence-corrected chi connectivity index (χ4v) is 2.72. The fraction of sp³-hybridized carbons (Fsp3) is 0.500. The van der Waals surface area contributed by atoms with E-state index >= 15 is 0 Å². The van der Waals surface area contributed by atoms with E-state index in [4.69, 9.17) is 5.11 Å². The largest absolute Gasteiger partial charge is 0.481 e. The zero-order valence-corrected chi connectivity index (χ0v) is 12.7. The molecular formula is C12H16BrNO3S. The van der Waals surface area contributed by atoms with E-state index in [1.165, 1.54) is 11.3 Å². The third-order valence-corrected chi connectivity index (χ3v) is 3.95. The van der Waals surface area contributed by atoms with Crippen molar-refractivity contribution in [2.45, 2.75) is 20.3 Å². The van der Waals surface area contributed by atoms with Gasteiger partial charge >= 0.3 is 5.97 Å². The number of carbonyl (C=O) groups excluding carboxylic acids is 1. The van der Waals surface area contributed by atoms with Crippen molar-refractivity contribution in [1.82, 2.24) is 5.32 Å². The van der Waals surface area contributed by atoms with E-state index in [-0.39, 0.29) is 12.5 Å². The summed E-state index contributed by atoms with van der Waals surface area (Å²) in [5.74, 6) is -1.34. The van der Waals surface area contributed by atoms with Gasteiger partial charge in [-0.05, 0) is 34.3 Å². The van der Waals surface area contributed by atoms with Crippen LogP contribution in [0.15, 0.2) is 15.2 Å². The smallest absolute Gasteiger partial charge is 0.308 e. The highest BCUT2D eigenvalue weighted by Crippen LogP contribution is 2.20. The molecule has 100 valence electrons. The lowest BCUT2D eigenvalue weighted by molar-refractivity contribution is -0.142. The molecule has 1 unspecified atom stereocenters. The van der Waals surface area contributed by atoms with Gasteiger partial charge in [0.15, 0.2) is 0 Å². The number of carboxylic acid groups (broad SMARTS) is 1. The highest BCUT2D eigenvalue weighted by molar-refractivity contribution is 9.11. The predicted octanol–water partition coefficient (Wildman–Crippen LogP) is 2.99. The van der Waals surface area contributed by atoms with Gasteiger partial charge in [-0.15, -0.1) is 11.3 Å². The summed E-state index contributed by atoms with van der Waals surface area (Å²) in [6.07, 6.45) is 0.558. The molecule has 0 aliphatic carbocycles. The first-order valence-corrected chi connectivity index (χ1v) is 7.32. The van der Waals surface area contributed by atoms with E-state index in [2.05, 4.69) is 21.2 Å². The van der Waals surface area contributed by atoms with Gasteiger partial charge in [0.25, 0.3) is 5.91 Å². The van der Waals surface area contributed by atoms with Crippen LogP contribution in [0.5, 0.6) is 0 Å².